The van der Waals surface area contributed by atoms with Crippen LogP contribution < -0.4 is 5.32 Å². The Hall–Kier alpha value is -3.31. The van der Waals surface area contributed by atoms with Crippen LogP contribution in [0.3, 0.4) is 0 Å². The lowest BCUT2D eigenvalue weighted by molar-refractivity contribution is -0.116. The van der Waals surface area contributed by atoms with Crippen LogP contribution in [0.15, 0.2) is 84.9 Å². The number of rotatable bonds is 7. The number of hydrogen-bond acceptors (Lipinski definition) is 3. The summed E-state index contributed by atoms with van der Waals surface area (Å²) >= 11 is 1.48. The van der Waals surface area contributed by atoms with E-state index in [9.17, 15) is 9.18 Å². The molecule has 5 heteroatoms. The predicted molar refractivity (Wildman–Crippen MR) is 125 cm³/mol. The molecule has 4 aromatic rings. The molecule has 0 fully saturated rings. The second kappa shape index (κ2) is 9.67. The Labute approximate surface area is 185 Å². The first-order chi connectivity index (χ1) is 15.2. The Bertz CT molecular complexity index is 1100. The van der Waals surface area contributed by atoms with Crippen LogP contribution in [-0.2, 0) is 11.2 Å². The number of halogens is 1. The van der Waals surface area contributed by atoms with Crippen molar-refractivity contribution in [3.8, 4) is 11.3 Å². The molecular weight excluding hydrogens is 407 g/mol. The molecule has 31 heavy (non-hydrogen) atoms. The minimum Gasteiger partial charge on any atom is -0.301 e. The van der Waals surface area contributed by atoms with Crippen molar-refractivity contribution >= 4 is 22.4 Å². The van der Waals surface area contributed by atoms with E-state index in [4.69, 9.17) is 4.98 Å². The van der Waals surface area contributed by atoms with Gasteiger partial charge in [-0.05, 0) is 41.8 Å². The zero-order chi connectivity index (χ0) is 21.6. The molecule has 156 valence electrons. The van der Waals surface area contributed by atoms with Gasteiger partial charge in [-0.2, -0.15) is 0 Å². The highest BCUT2D eigenvalue weighted by atomic mass is 32.1. The molecule has 3 nitrogen and oxygen atoms in total. The van der Waals surface area contributed by atoms with Crippen molar-refractivity contribution in [1.82, 2.24) is 4.98 Å². The largest absolute Gasteiger partial charge is 0.301 e. The van der Waals surface area contributed by atoms with E-state index in [1.807, 2.05) is 60.7 Å². The van der Waals surface area contributed by atoms with Gasteiger partial charge in [0.25, 0.3) is 0 Å². The van der Waals surface area contributed by atoms with Gasteiger partial charge in [0.1, 0.15) is 5.82 Å². The fourth-order valence-corrected chi connectivity index (χ4v) is 4.69. The van der Waals surface area contributed by atoms with Crippen molar-refractivity contribution in [3.05, 3.63) is 107 Å². The van der Waals surface area contributed by atoms with E-state index in [1.165, 1.54) is 23.5 Å². The Morgan fingerprint density at radius 1 is 0.935 bits per heavy atom. The van der Waals surface area contributed by atoms with Gasteiger partial charge in [0.05, 0.1) is 11.6 Å². The lowest BCUT2D eigenvalue weighted by Gasteiger charge is -2.17. The standard InChI is InChI=1S/C26H23FN2OS/c1-2-9-22-24(20-14-16-21(27)17-15-20)28-26(31-22)29-25(30)23(18-10-5-3-6-11-18)19-12-7-4-8-13-19/h3-8,10-17,23H,2,9H2,1H3,(H,28,29,30). The number of benzene rings is 3. The van der Waals surface area contributed by atoms with Crippen LogP contribution in [-0.4, -0.2) is 10.9 Å². The normalized spacial score (nSPS) is 10.9. The first-order valence-electron chi connectivity index (χ1n) is 10.3. The van der Waals surface area contributed by atoms with Gasteiger partial charge in [0, 0.05) is 10.4 Å². The van der Waals surface area contributed by atoms with Crippen molar-refractivity contribution in [2.24, 2.45) is 0 Å². The number of aromatic nitrogens is 1. The van der Waals surface area contributed by atoms with Crippen LogP contribution in [0.25, 0.3) is 11.3 Å². The van der Waals surface area contributed by atoms with Crippen molar-refractivity contribution in [3.63, 3.8) is 0 Å². The zero-order valence-corrected chi connectivity index (χ0v) is 18.0. The Balaban J connectivity index is 1.66. The number of amides is 1. The van der Waals surface area contributed by atoms with Crippen LogP contribution >= 0.6 is 11.3 Å². The van der Waals surface area contributed by atoms with Gasteiger partial charge in [-0.25, -0.2) is 9.37 Å². The predicted octanol–water partition coefficient (Wildman–Crippen LogP) is 6.67. The molecule has 0 radical (unpaired) electrons. The van der Waals surface area contributed by atoms with E-state index < -0.39 is 5.92 Å². The van der Waals surface area contributed by atoms with Gasteiger partial charge in [-0.15, -0.1) is 11.3 Å². The fraction of sp³-hybridized carbons (Fsp3) is 0.154. The zero-order valence-electron chi connectivity index (χ0n) is 17.2. The van der Waals surface area contributed by atoms with Gasteiger partial charge in [-0.1, -0.05) is 74.0 Å². The second-order valence-electron chi connectivity index (χ2n) is 7.29. The van der Waals surface area contributed by atoms with Crippen molar-refractivity contribution in [2.45, 2.75) is 25.7 Å². The number of carbonyl (C=O) groups excluding carboxylic acids is 1. The average molecular weight is 431 g/mol. The SMILES string of the molecule is CCCc1sc(NC(=O)C(c2ccccc2)c2ccccc2)nc1-c1ccc(F)cc1. The maximum atomic E-state index is 13.4. The van der Waals surface area contributed by atoms with Gasteiger partial charge < -0.3 is 5.32 Å². The highest BCUT2D eigenvalue weighted by Gasteiger charge is 2.24. The third-order valence-corrected chi connectivity index (χ3v) is 6.08. The Kier molecular flexibility index (Phi) is 6.53. The molecular formula is C26H23FN2OS. The molecule has 0 unspecified atom stereocenters. The van der Waals surface area contributed by atoms with Crippen LogP contribution in [0, 0.1) is 5.82 Å². The summed E-state index contributed by atoms with van der Waals surface area (Å²) in [6.07, 6.45) is 1.81. The molecule has 0 aliphatic rings. The van der Waals surface area contributed by atoms with Gasteiger partial charge in [0.15, 0.2) is 5.13 Å². The molecule has 4 rings (SSSR count). The minimum atomic E-state index is -0.435. The average Bonchev–Trinajstić information content (AvgIpc) is 3.18. The van der Waals surface area contributed by atoms with Gasteiger partial charge >= 0.3 is 0 Å². The van der Waals surface area contributed by atoms with Crippen molar-refractivity contribution < 1.29 is 9.18 Å². The summed E-state index contributed by atoms with van der Waals surface area (Å²) in [5, 5.41) is 3.59. The summed E-state index contributed by atoms with van der Waals surface area (Å²) in [7, 11) is 0. The molecule has 1 amide bonds. The summed E-state index contributed by atoms with van der Waals surface area (Å²) in [5.74, 6) is -0.840. The number of hydrogen-bond donors (Lipinski definition) is 1. The monoisotopic (exact) mass is 430 g/mol. The summed E-state index contributed by atoms with van der Waals surface area (Å²) in [4.78, 5) is 19.2. The number of carbonyl (C=O) groups is 1. The molecule has 0 aliphatic carbocycles. The van der Waals surface area contributed by atoms with E-state index in [1.54, 1.807) is 12.1 Å². The van der Waals surface area contributed by atoms with Crippen LogP contribution in [0.5, 0.6) is 0 Å². The van der Waals surface area contributed by atoms with E-state index in [0.717, 1.165) is 40.1 Å². The molecule has 1 N–H and O–H groups in total. The maximum absolute atomic E-state index is 13.4. The molecule has 0 bridgehead atoms. The third-order valence-electron chi connectivity index (χ3n) is 5.05. The summed E-state index contributed by atoms with van der Waals surface area (Å²) < 4.78 is 13.4. The summed E-state index contributed by atoms with van der Waals surface area (Å²) in [6, 6.07) is 25.8. The van der Waals surface area contributed by atoms with Crippen LogP contribution in [0.2, 0.25) is 0 Å². The molecule has 0 spiro atoms. The van der Waals surface area contributed by atoms with E-state index in [2.05, 4.69) is 12.2 Å². The molecule has 1 heterocycles. The van der Waals surface area contributed by atoms with E-state index >= 15 is 0 Å². The number of anilines is 1. The van der Waals surface area contributed by atoms with E-state index in [0.29, 0.717) is 5.13 Å². The number of nitrogens with zero attached hydrogens (tertiary/aromatic N) is 1. The molecule has 0 saturated heterocycles. The topological polar surface area (TPSA) is 42.0 Å². The summed E-state index contributed by atoms with van der Waals surface area (Å²) in [6.45, 7) is 2.10. The quantitative estimate of drug-likeness (QED) is 0.356. The van der Waals surface area contributed by atoms with Crippen molar-refractivity contribution in [2.75, 3.05) is 5.32 Å². The lowest BCUT2D eigenvalue weighted by atomic mass is 9.90. The molecule has 0 aliphatic heterocycles. The molecule has 3 aromatic carbocycles. The molecule has 1 aromatic heterocycles. The fourth-order valence-electron chi connectivity index (χ4n) is 3.60. The van der Waals surface area contributed by atoms with Crippen molar-refractivity contribution in [1.29, 1.82) is 0 Å². The minimum absolute atomic E-state index is 0.125. The van der Waals surface area contributed by atoms with Gasteiger partial charge in [0.2, 0.25) is 5.91 Å². The molecule has 0 atom stereocenters. The maximum Gasteiger partial charge on any atom is 0.238 e. The first kappa shape index (κ1) is 20.9. The Morgan fingerprint density at radius 2 is 1.52 bits per heavy atom. The first-order valence-corrected chi connectivity index (χ1v) is 11.1. The smallest absolute Gasteiger partial charge is 0.238 e. The number of nitrogens with one attached hydrogen (secondary N) is 1. The molecule has 0 saturated carbocycles. The Morgan fingerprint density at radius 3 is 2.06 bits per heavy atom. The second-order valence-corrected chi connectivity index (χ2v) is 8.37. The van der Waals surface area contributed by atoms with E-state index in [-0.39, 0.29) is 11.7 Å². The third kappa shape index (κ3) is 4.89. The highest BCUT2D eigenvalue weighted by Crippen LogP contribution is 2.34. The van der Waals surface area contributed by atoms with Gasteiger partial charge in [-0.3, -0.25) is 4.79 Å². The highest BCUT2D eigenvalue weighted by molar-refractivity contribution is 7.16. The van der Waals surface area contributed by atoms with Crippen LogP contribution in [0.1, 0.15) is 35.3 Å². The summed E-state index contributed by atoms with van der Waals surface area (Å²) in [5.41, 5.74) is 3.51. The lowest BCUT2D eigenvalue weighted by Crippen LogP contribution is -2.22. The number of thiazole rings is 1. The number of aryl methyl sites for hydroxylation is 1. The van der Waals surface area contributed by atoms with Crippen LogP contribution in [0.4, 0.5) is 9.52 Å².